The second-order valence-electron chi connectivity index (χ2n) is 5.50. The lowest BCUT2D eigenvalue weighted by Gasteiger charge is -2.23. The number of rotatable bonds is 8. The van der Waals surface area contributed by atoms with Crippen LogP contribution >= 0.6 is 0 Å². The Balaban J connectivity index is 2.15. The summed E-state index contributed by atoms with van der Waals surface area (Å²) in [5.41, 5.74) is -0.104. The summed E-state index contributed by atoms with van der Waals surface area (Å²) in [6, 6.07) is 3.30. The molecule has 0 fully saturated rings. The first-order valence-electron chi connectivity index (χ1n) is 6.65. The number of carbonyl (C=O) groups is 2. The van der Waals surface area contributed by atoms with E-state index in [1.807, 2.05) is 13.8 Å². The van der Waals surface area contributed by atoms with E-state index in [2.05, 4.69) is 10.6 Å². The number of hydrogen-bond donors (Lipinski definition) is 3. The van der Waals surface area contributed by atoms with E-state index in [0.717, 1.165) is 6.42 Å². The highest BCUT2D eigenvalue weighted by Gasteiger charge is 2.19. The van der Waals surface area contributed by atoms with E-state index in [1.54, 1.807) is 18.4 Å². The third-order valence-corrected chi connectivity index (χ3v) is 3.11. The molecule has 20 heavy (non-hydrogen) atoms. The minimum Gasteiger partial charge on any atom is -0.481 e. The molecule has 112 valence electrons. The largest absolute Gasteiger partial charge is 0.481 e. The van der Waals surface area contributed by atoms with Crippen LogP contribution in [0.3, 0.4) is 0 Å². The quantitative estimate of drug-likeness (QED) is 0.682. The van der Waals surface area contributed by atoms with Crippen molar-refractivity contribution in [1.82, 2.24) is 10.6 Å². The van der Waals surface area contributed by atoms with Gasteiger partial charge in [0.1, 0.15) is 5.76 Å². The molecule has 0 radical (unpaired) electrons. The highest BCUT2D eigenvalue weighted by molar-refractivity contribution is 5.73. The average Bonchev–Trinajstić information content (AvgIpc) is 2.87. The van der Waals surface area contributed by atoms with Crippen molar-refractivity contribution in [2.24, 2.45) is 5.41 Å². The first kappa shape index (κ1) is 16.1. The summed E-state index contributed by atoms with van der Waals surface area (Å²) in [5, 5.41) is 14.1. The van der Waals surface area contributed by atoms with Gasteiger partial charge >= 0.3 is 12.0 Å². The third kappa shape index (κ3) is 6.82. The number of carboxylic acid groups (broad SMARTS) is 1. The Kier molecular flexibility index (Phi) is 6.09. The van der Waals surface area contributed by atoms with Gasteiger partial charge in [0.2, 0.25) is 0 Å². The number of hydrogen-bond acceptors (Lipinski definition) is 3. The Morgan fingerprint density at radius 2 is 2.05 bits per heavy atom. The molecule has 0 aliphatic carbocycles. The number of aliphatic carboxylic acids is 1. The van der Waals surface area contributed by atoms with Crippen LogP contribution in [0.2, 0.25) is 0 Å². The first-order valence-corrected chi connectivity index (χ1v) is 6.65. The molecular formula is C14H22N2O4. The second kappa shape index (κ2) is 7.57. The number of urea groups is 1. The fourth-order valence-corrected chi connectivity index (χ4v) is 1.73. The Morgan fingerprint density at radius 3 is 2.65 bits per heavy atom. The molecule has 6 nitrogen and oxygen atoms in total. The second-order valence-corrected chi connectivity index (χ2v) is 5.50. The van der Waals surface area contributed by atoms with Crippen LogP contribution < -0.4 is 10.6 Å². The highest BCUT2D eigenvalue weighted by atomic mass is 16.4. The molecule has 2 amide bonds. The third-order valence-electron chi connectivity index (χ3n) is 3.11. The van der Waals surface area contributed by atoms with Gasteiger partial charge < -0.3 is 20.2 Å². The smallest absolute Gasteiger partial charge is 0.315 e. The van der Waals surface area contributed by atoms with Crippen molar-refractivity contribution in [3.63, 3.8) is 0 Å². The monoisotopic (exact) mass is 282 g/mol. The zero-order valence-electron chi connectivity index (χ0n) is 11.9. The minimum atomic E-state index is -0.790. The van der Waals surface area contributed by atoms with Crippen LogP contribution in [0.4, 0.5) is 4.79 Å². The van der Waals surface area contributed by atoms with Gasteiger partial charge in [-0.05, 0) is 30.4 Å². The van der Waals surface area contributed by atoms with Gasteiger partial charge in [0.25, 0.3) is 0 Å². The van der Waals surface area contributed by atoms with Crippen molar-refractivity contribution >= 4 is 12.0 Å². The molecule has 0 unspecified atom stereocenters. The van der Waals surface area contributed by atoms with E-state index in [0.29, 0.717) is 25.3 Å². The molecule has 0 aliphatic rings. The molecule has 3 N–H and O–H groups in total. The van der Waals surface area contributed by atoms with Crippen LogP contribution in [0.1, 0.15) is 38.9 Å². The highest BCUT2D eigenvalue weighted by Crippen LogP contribution is 2.25. The summed E-state index contributed by atoms with van der Waals surface area (Å²) >= 11 is 0. The van der Waals surface area contributed by atoms with E-state index < -0.39 is 5.97 Å². The molecule has 0 aromatic carbocycles. The Hall–Kier alpha value is -1.98. The van der Waals surface area contributed by atoms with Gasteiger partial charge in [-0.2, -0.15) is 0 Å². The molecule has 1 heterocycles. The molecule has 0 bridgehead atoms. The lowest BCUT2D eigenvalue weighted by atomic mass is 9.84. The lowest BCUT2D eigenvalue weighted by molar-refractivity contribution is -0.137. The van der Waals surface area contributed by atoms with Gasteiger partial charge in [-0.1, -0.05) is 13.8 Å². The van der Waals surface area contributed by atoms with Crippen molar-refractivity contribution in [2.45, 2.75) is 39.7 Å². The Morgan fingerprint density at radius 1 is 1.30 bits per heavy atom. The van der Waals surface area contributed by atoms with E-state index in [9.17, 15) is 9.59 Å². The van der Waals surface area contributed by atoms with Crippen LogP contribution in [0.5, 0.6) is 0 Å². The van der Waals surface area contributed by atoms with Crippen molar-refractivity contribution < 1.29 is 19.1 Å². The maximum atomic E-state index is 11.5. The van der Waals surface area contributed by atoms with E-state index in [4.69, 9.17) is 9.52 Å². The SMILES string of the molecule is CC(C)(CCNC(=O)NCc1ccco1)CCC(=O)O. The number of carbonyl (C=O) groups excluding carboxylic acids is 1. The normalized spacial score (nSPS) is 11.1. The predicted molar refractivity (Wildman–Crippen MR) is 74.2 cm³/mol. The topological polar surface area (TPSA) is 91.6 Å². The summed E-state index contributed by atoms with van der Waals surface area (Å²) in [6.45, 7) is 4.86. The molecule has 0 saturated heterocycles. The van der Waals surface area contributed by atoms with Crippen LogP contribution in [-0.2, 0) is 11.3 Å². The predicted octanol–water partition coefficient (Wildman–Crippen LogP) is 2.36. The van der Waals surface area contributed by atoms with E-state index >= 15 is 0 Å². The van der Waals surface area contributed by atoms with E-state index in [-0.39, 0.29) is 17.9 Å². The summed E-state index contributed by atoms with van der Waals surface area (Å²) in [7, 11) is 0. The molecule has 0 aliphatic heterocycles. The standard InChI is InChI=1S/C14H22N2O4/c1-14(2,6-5-12(17)18)7-8-15-13(19)16-10-11-4-3-9-20-11/h3-4,9H,5-8,10H2,1-2H3,(H,17,18)(H2,15,16,19). The van der Waals surface area contributed by atoms with Crippen LogP contribution in [0.15, 0.2) is 22.8 Å². The van der Waals surface area contributed by atoms with Crippen LogP contribution in [-0.4, -0.2) is 23.7 Å². The fraction of sp³-hybridized carbons (Fsp3) is 0.571. The molecule has 1 aromatic heterocycles. The maximum Gasteiger partial charge on any atom is 0.315 e. The molecule has 1 aromatic rings. The van der Waals surface area contributed by atoms with Crippen LogP contribution in [0, 0.1) is 5.41 Å². The van der Waals surface area contributed by atoms with Crippen molar-refractivity contribution in [3.05, 3.63) is 24.2 Å². The van der Waals surface area contributed by atoms with Gasteiger partial charge in [-0.3, -0.25) is 4.79 Å². The van der Waals surface area contributed by atoms with E-state index in [1.165, 1.54) is 0 Å². The van der Waals surface area contributed by atoms with Gasteiger partial charge in [0.15, 0.2) is 0 Å². The first-order chi connectivity index (χ1) is 9.39. The van der Waals surface area contributed by atoms with Crippen molar-refractivity contribution in [1.29, 1.82) is 0 Å². The molecular weight excluding hydrogens is 260 g/mol. The summed E-state index contributed by atoms with van der Waals surface area (Å²) in [6.07, 6.45) is 3.03. The van der Waals surface area contributed by atoms with Crippen molar-refractivity contribution in [3.8, 4) is 0 Å². The average molecular weight is 282 g/mol. The minimum absolute atomic E-state index is 0.104. The summed E-state index contributed by atoms with van der Waals surface area (Å²) < 4.78 is 5.10. The van der Waals surface area contributed by atoms with Crippen LogP contribution in [0.25, 0.3) is 0 Å². The lowest BCUT2D eigenvalue weighted by Crippen LogP contribution is -2.36. The molecule has 0 atom stereocenters. The zero-order valence-corrected chi connectivity index (χ0v) is 11.9. The Labute approximate surface area is 118 Å². The molecule has 0 saturated carbocycles. The molecule has 0 spiro atoms. The molecule has 1 rings (SSSR count). The molecule has 6 heteroatoms. The summed E-state index contributed by atoms with van der Waals surface area (Å²) in [4.78, 5) is 22.1. The zero-order chi connectivity index (χ0) is 15.0. The van der Waals surface area contributed by atoms with Crippen molar-refractivity contribution in [2.75, 3.05) is 6.54 Å². The summed E-state index contributed by atoms with van der Waals surface area (Å²) in [5.74, 6) is -0.0934. The number of amides is 2. The van der Waals surface area contributed by atoms with Gasteiger partial charge in [-0.15, -0.1) is 0 Å². The number of carboxylic acids is 1. The van der Waals surface area contributed by atoms with Gasteiger partial charge in [0.05, 0.1) is 12.8 Å². The maximum absolute atomic E-state index is 11.5. The Bertz CT molecular complexity index is 426. The fourth-order valence-electron chi connectivity index (χ4n) is 1.73. The number of nitrogens with one attached hydrogen (secondary N) is 2. The number of furan rings is 1. The van der Waals surface area contributed by atoms with Gasteiger partial charge in [-0.25, -0.2) is 4.79 Å². The van der Waals surface area contributed by atoms with Gasteiger partial charge in [0, 0.05) is 13.0 Å².